The molecule has 2 nitrogen and oxygen atoms in total. The SMILES string of the molecule is CC(C)(C)c1ccnc(CCCN)c1. The summed E-state index contributed by atoms with van der Waals surface area (Å²) in [7, 11) is 0. The molecule has 0 aliphatic rings. The molecule has 0 radical (unpaired) electrons. The van der Waals surface area contributed by atoms with Crippen LogP contribution in [0.15, 0.2) is 18.3 Å². The monoisotopic (exact) mass is 192 g/mol. The molecule has 0 spiro atoms. The van der Waals surface area contributed by atoms with Gasteiger partial charge in [0.2, 0.25) is 0 Å². The van der Waals surface area contributed by atoms with Crippen LogP contribution in [0.1, 0.15) is 38.4 Å². The summed E-state index contributed by atoms with van der Waals surface area (Å²) in [5.41, 5.74) is 8.18. The lowest BCUT2D eigenvalue weighted by Crippen LogP contribution is -2.12. The van der Waals surface area contributed by atoms with Crippen LogP contribution in [-0.2, 0) is 11.8 Å². The minimum Gasteiger partial charge on any atom is -0.330 e. The van der Waals surface area contributed by atoms with Crippen LogP contribution in [0.25, 0.3) is 0 Å². The second kappa shape index (κ2) is 4.56. The molecule has 1 aromatic rings. The van der Waals surface area contributed by atoms with Crippen LogP contribution in [0.2, 0.25) is 0 Å². The van der Waals surface area contributed by atoms with Gasteiger partial charge < -0.3 is 5.73 Å². The topological polar surface area (TPSA) is 38.9 Å². The van der Waals surface area contributed by atoms with Gasteiger partial charge in [0.05, 0.1) is 0 Å². The zero-order valence-electron chi connectivity index (χ0n) is 9.38. The van der Waals surface area contributed by atoms with E-state index in [9.17, 15) is 0 Å². The van der Waals surface area contributed by atoms with Gasteiger partial charge in [-0.3, -0.25) is 4.98 Å². The maximum absolute atomic E-state index is 5.47. The van der Waals surface area contributed by atoms with Crippen LogP contribution in [0, 0.1) is 0 Å². The summed E-state index contributed by atoms with van der Waals surface area (Å²) >= 11 is 0. The fourth-order valence-electron chi connectivity index (χ4n) is 1.36. The third kappa shape index (κ3) is 3.11. The van der Waals surface area contributed by atoms with Crippen molar-refractivity contribution in [1.29, 1.82) is 0 Å². The number of pyridine rings is 1. The van der Waals surface area contributed by atoms with Gasteiger partial charge in [-0.25, -0.2) is 0 Å². The maximum Gasteiger partial charge on any atom is 0.0407 e. The molecule has 0 fully saturated rings. The summed E-state index contributed by atoms with van der Waals surface area (Å²) in [4.78, 5) is 4.33. The highest BCUT2D eigenvalue weighted by Crippen LogP contribution is 2.22. The highest BCUT2D eigenvalue weighted by atomic mass is 14.7. The minimum absolute atomic E-state index is 0.209. The minimum atomic E-state index is 0.209. The smallest absolute Gasteiger partial charge is 0.0407 e. The molecule has 0 aromatic carbocycles. The van der Waals surface area contributed by atoms with Gasteiger partial charge in [-0.05, 0) is 42.5 Å². The van der Waals surface area contributed by atoms with E-state index < -0.39 is 0 Å². The Kier molecular flexibility index (Phi) is 3.64. The molecular formula is C12H20N2. The molecule has 0 unspecified atom stereocenters. The fraction of sp³-hybridized carbons (Fsp3) is 0.583. The van der Waals surface area contributed by atoms with E-state index in [1.54, 1.807) is 0 Å². The van der Waals surface area contributed by atoms with E-state index >= 15 is 0 Å². The Morgan fingerprint density at radius 1 is 1.36 bits per heavy atom. The zero-order chi connectivity index (χ0) is 10.6. The van der Waals surface area contributed by atoms with E-state index in [2.05, 4.69) is 37.9 Å². The molecule has 0 amide bonds. The lowest BCUT2D eigenvalue weighted by atomic mass is 9.87. The Labute approximate surface area is 86.5 Å². The van der Waals surface area contributed by atoms with Gasteiger partial charge in [-0.2, -0.15) is 0 Å². The Balaban J connectivity index is 2.79. The van der Waals surface area contributed by atoms with Crippen molar-refractivity contribution < 1.29 is 0 Å². The number of hydrogen-bond acceptors (Lipinski definition) is 2. The molecule has 1 heterocycles. The summed E-state index contributed by atoms with van der Waals surface area (Å²) in [5, 5.41) is 0. The Morgan fingerprint density at radius 2 is 2.07 bits per heavy atom. The van der Waals surface area contributed by atoms with Gasteiger partial charge in [-0.1, -0.05) is 20.8 Å². The quantitative estimate of drug-likeness (QED) is 0.798. The second-order valence-electron chi connectivity index (χ2n) is 4.68. The average molecular weight is 192 g/mol. The van der Waals surface area contributed by atoms with Crippen molar-refractivity contribution >= 4 is 0 Å². The molecule has 1 rings (SSSR count). The lowest BCUT2D eigenvalue weighted by molar-refractivity contribution is 0.587. The summed E-state index contributed by atoms with van der Waals surface area (Å²) < 4.78 is 0. The number of nitrogens with two attached hydrogens (primary N) is 1. The van der Waals surface area contributed by atoms with Crippen molar-refractivity contribution in [3.05, 3.63) is 29.6 Å². The van der Waals surface area contributed by atoms with Crippen LogP contribution in [0.5, 0.6) is 0 Å². The fourth-order valence-corrected chi connectivity index (χ4v) is 1.36. The molecule has 0 saturated carbocycles. The molecule has 14 heavy (non-hydrogen) atoms. The third-order valence-electron chi connectivity index (χ3n) is 2.32. The van der Waals surface area contributed by atoms with E-state index in [4.69, 9.17) is 5.73 Å². The number of rotatable bonds is 3. The number of aryl methyl sites for hydroxylation is 1. The molecule has 78 valence electrons. The Bertz CT molecular complexity index is 287. The molecule has 0 atom stereocenters. The van der Waals surface area contributed by atoms with E-state index in [-0.39, 0.29) is 5.41 Å². The first kappa shape index (κ1) is 11.2. The molecule has 0 aliphatic carbocycles. The molecule has 0 aliphatic heterocycles. The van der Waals surface area contributed by atoms with Crippen molar-refractivity contribution in [1.82, 2.24) is 4.98 Å². The highest BCUT2D eigenvalue weighted by molar-refractivity contribution is 5.23. The van der Waals surface area contributed by atoms with Gasteiger partial charge in [-0.15, -0.1) is 0 Å². The number of nitrogens with zero attached hydrogens (tertiary/aromatic N) is 1. The van der Waals surface area contributed by atoms with Gasteiger partial charge in [0.1, 0.15) is 0 Å². The van der Waals surface area contributed by atoms with E-state index in [0.29, 0.717) is 0 Å². The first-order valence-corrected chi connectivity index (χ1v) is 5.19. The molecule has 0 saturated heterocycles. The largest absolute Gasteiger partial charge is 0.330 e. The highest BCUT2D eigenvalue weighted by Gasteiger charge is 2.13. The maximum atomic E-state index is 5.47. The van der Waals surface area contributed by atoms with Crippen LogP contribution in [0.4, 0.5) is 0 Å². The summed E-state index contributed by atoms with van der Waals surface area (Å²) in [6.07, 6.45) is 3.90. The number of hydrogen-bond donors (Lipinski definition) is 1. The average Bonchev–Trinajstić information content (AvgIpc) is 2.14. The lowest BCUT2D eigenvalue weighted by Gasteiger charge is -2.19. The molecule has 2 heteroatoms. The zero-order valence-corrected chi connectivity index (χ0v) is 9.38. The van der Waals surface area contributed by atoms with Crippen LogP contribution >= 0.6 is 0 Å². The summed E-state index contributed by atoms with van der Waals surface area (Å²) in [6, 6.07) is 4.28. The van der Waals surface area contributed by atoms with E-state index in [1.807, 2.05) is 6.20 Å². The van der Waals surface area contributed by atoms with Gasteiger partial charge in [0.15, 0.2) is 0 Å². The van der Waals surface area contributed by atoms with Crippen molar-refractivity contribution in [2.45, 2.75) is 39.0 Å². The Hall–Kier alpha value is -0.890. The Morgan fingerprint density at radius 3 is 2.64 bits per heavy atom. The second-order valence-corrected chi connectivity index (χ2v) is 4.68. The summed E-state index contributed by atoms with van der Waals surface area (Å²) in [6.45, 7) is 7.39. The van der Waals surface area contributed by atoms with Crippen molar-refractivity contribution in [2.24, 2.45) is 5.73 Å². The molecule has 0 bridgehead atoms. The van der Waals surface area contributed by atoms with Crippen molar-refractivity contribution in [3.63, 3.8) is 0 Å². The molecule has 2 N–H and O–H groups in total. The molecule has 1 aromatic heterocycles. The first-order valence-electron chi connectivity index (χ1n) is 5.19. The first-order chi connectivity index (χ1) is 6.54. The third-order valence-corrected chi connectivity index (χ3v) is 2.32. The normalized spacial score (nSPS) is 11.7. The van der Waals surface area contributed by atoms with Crippen molar-refractivity contribution in [3.8, 4) is 0 Å². The van der Waals surface area contributed by atoms with Crippen LogP contribution in [-0.4, -0.2) is 11.5 Å². The van der Waals surface area contributed by atoms with Crippen LogP contribution < -0.4 is 5.73 Å². The van der Waals surface area contributed by atoms with Crippen molar-refractivity contribution in [2.75, 3.05) is 6.54 Å². The van der Waals surface area contributed by atoms with Gasteiger partial charge in [0, 0.05) is 11.9 Å². The van der Waals surface area contributed by atoms with Crippen LogP contribution in [0.3, 0.4) is 0 Å². The number of aromatic nitrogens is 1. The standard InChI is InChI=1S/C12H20N2/c1-12(2,3)10-6-8-14-11(9-10)5-4-7-13/h6,8-9H,4-5,7,13H2,1-3H3. The predicted molar refractivity (Wildman–Crippen MR) is 60.3 cm³/mol. The predicted octanol–water partition coefficient (Wildman–Crippen LogP) is 2.27. The van der Waals surface area contributed by atoms with Gasteiger partial charge >= 0.3 is 0 Å². The van der Waals surface area contributed by atoms with E-state index in [1.165, 1.54) is 5.56 Å². The summed E-state index contributed by atoms with van der Waals surface area (Å²) in [5.74, 6) is 0. The van der Waals surface area contributed by atoms with Gasteiger partial charge in [0.25, 0.3) is 0 Å². The molecular weight excluding hydrogens is 172 g/mol. The van der Waals surface area contributed by atoms with E-state index in [0.717, 1.165) is 25.1 Å².